The van der Waals surface area contributed by atoms with Crippen LogP contribution in [0.4, 0.5) is 0 Å². The largest absolute Gasteiger partial charge is 0.464 e. The quantitative estimate of drug-likeness (QED) is 0.701. The molecule has 0 spiro atoms. The van der Waals surface area contributed by atoms with Crippen molar-refractivity contribution in [1.29, 1.82) is 0 Å². The molecular weight excluding hydrogens is 318 g/mol. The van der Waals surface area contributed by atoms with Crippen LogP contribution in [0.5, 0.6) is 0 Å². The fourth-order valence-electron chi connectivity index (χ4n) is 2.66. The van der Waals surface area contributed by atoms with E-state index in [9.17, 15) is 9.59 Å². The molecule has 2 heterocycles. The molecule has 1 N–H and O–H groups in total. The summed E-state index contributed by atoms with van der Waals surface area (Å²) in [4.78, 5) is 28.6. The molecule has 0 aliphatic heterocycles. The van der Waals surface area contributed by atoms with Crippen molar-refractivity contribution in [3.8, 4) is 0 Å². The molecule has 3 aromatic rings. The Balaban J connectivity index is 1.82. The molecule has 0 radical (unpaired) electrons. The zero-order valence-electron chi connectivity index (χ0n) is 13.9. The Kier molecular flexibility index (Phi) is 5.09. The van der Waals surface area contributed by atoms with Crippen LogP contribution >= 0.6 is 0 Å². The predicted molar refractivity (Wildman–Crippen MR) is 94.1 cm³/mol. The van der Waals surface area contributed by atoms with Gasteiger partial charge in [-0.05, 0) is 36.6 Å². The highest BCUT2D eigenvalue weighted by atomic mass is 16.5. The highest BCUT2D eigenvalue weighted by molar-refractivity contribution is 5.96. The fraction of sp³-hybridized carbons (Fsp3) is 0.211. The number of rotatable bonds is 6. The van der Waals surface area contributed by atoms with E-state index in [-0.39, 0.29) is 12.5 Å². The lowest BCUT2D eigenvalue weighted by Crippen LogP contribution is -2.44. The number of carbonyl (C=O) groups is 2. The van der Waals surface area contributed by atoms with Gasteiger partial charge in [-0.2, -0.15) is 0 Å². The third-order valence-corrected chi connectivity index (χ3v) is 3.86. The van der Waals surface area contributed by atoms with Gasteiger partial charge in [0.15, 0.2) is 0 Å². The maximum atomic E-state index is 12.4. The zero-order valence-corrected chi connectivity index (χ0v) is 13.9. The summed E-state index contributed by atoms with van der Waals surface area (Å²) in [6.45, 7) is 2.28. The van der Waals surface area contributed by atoms with Crippen LogP contribution in [0.2, 0.25) is 0 Å². The first-order valence-electron chi connectivity index (χ1n) is 8.10. The van der Waals surface area contributed by atoms with Gasteiger partial charge in [0.1, 0.15) is 6.04 Å². The van der Waals surface area contributed by atoms with E-state index in [1.54, 1.807) is 25.3 Å². The summed E-state index contributed by atoms with van der Waals surface area (Å²) < 4.78 is 7.05. The normalized spacial score (nSPS) is 11.9. The Bertz CT molecular complexity index is 874. The van der Waals surface area contributed by atoms with E-state index in [1.165, 1.54) is 6.20 Å². The van der Waals surface area contributed by atoms with Crippen molar-refractivity contribution in [2.45, 2.75) is 19.5 Å². The Morgan fingerprint density at radius 2 is 2.04 bits per heavy atom. The first-order chi connectivity index (χ1) is 12.2. The first-order valence-corrected chi connectivity index (χ1v) is 8.10. The summed E-state index contributed by atoms with van der Waals surface area (Å²) in [5, 5.41) is 3.82. The van der Waals surface area contributed by atoms with E-state index in [2.05, 4.69) is 10.3 Å². The average Bonchev–Trinajstić information content (AvgIpc) is 3.05. The molecule has 0 aliphatic carbocycles. The Labute approximate surface area is 145 Å². The molecule has 0 saturated heterocycles. The average molecular weight is 337 g/mol. The van der Waals surface area contributed by atoms with Crippen molar-refractivity contribution in [3.05, 3.63) is 66.6 Å². The molecule has 1 atom stereocenters. The van der Waals surface area contributed by atoms with Gasteiger partial charge in [-0.1, -0.05) is 18.2 Å². The van der Waals surface area contributed by atoms with E-state index in [1.807, 2.05) is 41.1 Å². The van der Waals surface area contributed by atoms with Crippen LogP contribution in [0.15, 0.2) is 61.1 Å². The molecule has 1 unspecified atom stereocenters. The minimum atomic E-state index is -0.788. The van der Waals surface area contributed by atoms with Crippen LogP contribution < -0.4 is 5.32 Å². The number of para-hydroxylation sites is 1. The van der Waals surface area contributed by atoms with Gasteiger partial charge in [0.25, 0.3) is 5.91 Å². The number of nitrogens with zero attached hydrogens (tertiary/aromatic N) is 2. The third-order valence-electron chi connectivity index (χ3n) is 3.86. The number of hydrogen-bond acceptors (Lipinski definition) is 4. The number of carbonyl (C=O) groups excluding carboxylic acids is 2. The molecule has 128 valence electrons. The summed E-state index contributed by atoms with van der Waals surface area (Å²) in [5.41, 5.74) is 1.39. The van der Waals surface area contributed by atoms with E-state index < -0.39 is 12.0 Å². The van der Waals surface area contributed by atoms with Crippen LogP contribution in [-0.4, -0.2) is 34.1 Å². The molecule has 2 aromatic heterocycles. The standard InChI is InChI=1S/C19H19N3O3/c1-2-25-19(24)16(21-18(23)15-7-5-10-20-12-15)13-22-11-9-14-6-3-4-8-17(14)22/h3-12,16H,2,13H2,1H3,(H,21,23). The van der Waals surface area contributed by atoms with Gasteiger partial charge in [-0.15, -0.1) is 0 Å². The molecule has 0 fully saturated rings. The number of amides is 1. The van der Waals surface area contributed by atoms with Crippen LogP contribution in [0, 0.1) is 0 Å². The SMILES string of the molecule is CCOC(=O)C(Cn1ccc2ccccc21)NC(=O)c1cccnc1. The Morgan fingerprint density at radius 1 is 1.20 bits per heavy atom. The second-order valence-corrected chi connectivity index (χ2v) is 5.55. The Hall–Kier alpha value is -3.15. The smallest absolute Gasteiger partial charge is 0.330 e. The van der Waals surface area contributed by atoms with Gasteiger partial charge >= 0.3 is 5.97 Å². The van der Waals surface area contributed by atoms with Crippen molar-refractivity contribution < 1.29 is 14.3 Å². The monoisotopic (exact) mass is 337 g/mol. The number of fused-ring (bicyclic) bond motifs is 1. The van der Waals surface area contributed by atoms with E-state index in [0.717, 1.165) is 10.9 Å². The minimum Gasteiger partial charge on any atom is -0.464 e. The topological polar surface area (TPSA) is 73.2 Å². The molecule has 1 amide bonds. The van der Waals surface area contributed by atoms with Crippen LogP contribution in [0.25, 0.3) is 10.9 Å². The number of hydrogen-bond donors (Lipinski definition) is 1. The van der Waals surface area contributed by atoms with Gasteiger partial charge in [-0.3, -0.25) is 9.78 Å². The minimum absolute atomic E-state index is 0.254. The van der Waals surface area contributed by atoms with Crippen molar-refractivity contribution >= 4 is 22.8 Å². The summed E-state index contributed by atoms with van der Waals surface area (Å²) in [7, 11) is 0. The van der Waals surface area contributed by atoms with Gasteiger partial charge in [0, 0.05) is 24.1 Å². The number of esters is 1. The van der Waals surface area contributed by atoms with Crippen molar-refractivity contribution in [3.63, 3.8) is 0 Å². The second kappa shape index (κ2) is 7.61. The summed E-state index contributed by atoms with van der Waals surface area (Å²) in [5.74, 6) is -0.819. The van der Waals surface area contributed by atoms with Gasteiger partial charge in [0.2, 0.25) is 0 Å². The first kappa shape index (κ1) is 16.7. The second-order valence-electron chi connectivity index (χ2n) is 5.55. The maximum Gasteiger partial charge on any atom is 0.330 e. The van der Waals surface area contributed by atoms with Crippen molar-refractivity contribution in [1.82, 2.24) is 14.9 Å². The third kappa shape index (κ3) is 3.85. The molecule has 0 aliphatic rings. The van der Waals surface area contributed by atoms with Crippen molar-refractivity contribution in [2.75, 3.05) is 6.61 Å². The van der Waals surface area contributed by atoms with E-state index >= 15 is 0 Å². The molecule has 6 heteroatoms. The van der Waals surface area contributed by atoms with Crippen LogP contribution in [0.1, 0.15) is 17.3 Å². The molecule has 25 heavy (non-hydrogen) atoms. The molecular formula is C19H19N3O3. The summed E-state index contributed by atoms with van der Waals surface area (Å²) in [6, 6.07) is 12.4. The summed E-state index contributed by atoms with van der Waals surface area (Å²) >= 11 is 0. The number of benzene rings is 1. The number of aromatic nitrogens is 2. The lowest BCUT2D eigenvalue weighted by Gasteiger charge is -2.18. The molecule has 3 rings (SSSR count). The van der Waals surface area contributed by atoms with Crippen LogP contribution in [0.3, 0.4) is 0 Å². The number of ether oxygens (including phenoxy) is 1. The van der Waals surface area contributed by atoms with Gasteiger partial charge < -0.3 is 14.6 Å². The predicted octanol–water partition coefficient (Wildman–Crippen LogP) is 2.40. The highest BCUT2D eigenvalue weighted by Crippen LogP contribution is 2.16. The zero-order chi connectivity index (χ0) is 17.6. The summed E-state index contributed by atoms with van der Waals surface area (Å²) in [6.07, 6.45) is 4.95. The molecule has 6 nitrogen and oxygen atoms in total. The van der Waals surface area contributed by atoms with Crippen molar-refractivity contribution in [2.24, 2.45) is 0 Å². The number of pyridine rings is 1. The Morgan fingerprint density at radius 3 is 2.80 bits per heavy atom. The fourth-order valence-corrected chi connectivity index (χ4v) is 2.66. The molecule has 0 saturated carbocycles. The van der Waals surface area contributed by atoms with E-state index in [4.69, 9.17) is 4.74 Å². The molecule has 0 bridgehead atoms. The lowest BCUT2D eigenvalue weighted by atomic mass is 10.2. The van der Waals surface area contributed by atoms with Gasteiger partial charge in [-0.25, -0.2) is 4.79 Å². The van der Waals surface area contributed by atoms with Crippen LogP contribution in [-0.2, 0) is 16.1 Å². The lowest BCUT2D eigenvalue weighted by molar-refractivity contribution is -0.145. The maximum absolute atomic E-state index is 12.4. The van der Waals surface area contributed by atoms with E-state index in [0.29, 0.717) is 12.1 Å². The van der Waals surface area contributed by atoms with Gasteiger partial charge in [0.05, 0.1) is 18.7 Å². The molecule has 1 aromatic carbocycles. The highest BCUT2D eigenvalue weighted by Gasteiger charge is 2.23. The number of nitrogens with one attached hydrogen (secondary N) is 1.